The van der Waals surface area contributed by atoms with E-state index in [1.54, 1.807) is 7.11 Å². The molecular formula is C30H33N3O3. The number of rotatable bonds is 6. The number of hydrogen-bond acceptors (Lipinski definition) is 5. The predicted octanol–water partition coefficient (Wildman–Crippen LogP) is 5.06. The first-order valence-corrected chi connectivity index (χ1v) is 12.6. The van der Waals surface area contributed by atoms with Crippen LogP contribution in [0.5, 0.6) is 0 Å². The minimum atomic E-state index is -0.665. The molecule has 0 saturated carbocycles. The molecule has 1 aliphatic carbocycles. The van der Waals surface area contributed by atoms with E-state index in [-0.39, 0.29) is 11.9 Å². The lowest BCUT2D eigenvalue weighted by Gasteiger charge is -2.22. The quantitative estimate of drug-likeness (QED) is 0.458. The number of anilines is 1. The van der Waals surface area contributed by atoms with Crippen LogP contribution < -0.4 is 10.6 Å². The van der Waals surface area contributed by atoms with Gasteiger partial charge in [0.1, 0.15) is 5.84 Å². The largest absolute Gasteiger partial charge is 0.390 e. The molecule has 36 heavy (non-hydrogen) atoms. The summed E-state index contributed by atoms with van der Waals surface area (Å²) < 4.78 is 5.27. The number of carbonyl (C=O) groups is 1. The maximum atomic E-state index is 13.2. The van der Waals surface area contributed by atoms with Crippen LogP contribution in [-0.4, -0.2) is 42.7 Å². The molecule has 3 N–H and O–H groups in total. The molecule has 0 fully saturated rings. The van der Waals surface area contributed by atoms with Crippen LogP contribution in [-0.2, 0) is 11.2 Å². The van der Waals surface area contributed by atoms with Gasteiger partial charge in [-0.3, -0.25) is 9.79 Å². The summed E-state index contributed by atoms with van der Waals surface area (Å²) in [7, 11) is 1.70. The summed E-state index contributed by atoms with van der Waals surface area (Å²) in [4.78, 5) is 18.0. The van der Waals surface area contributed by atoms with Crippen LogP contribution in [0.15, 0.2) is 71.7 Å². The van der Waals surface area contributed by atoms with Crippen molar-refractivity contribution >= 4 is 17.4 Å². The molecule has 0 aromatic heterocycles. The molecule has 3 atom stereocenters. The molecule has 1 aliphatic heterocycles. The van der Waals surface area contributed by atoms with Crippen molar-refractivity contribution in [1.29, 1.82) is 0 Å². The van der Waals surface area contributed by atoms with Crippen LogP contribution in [0.25, 0.3) is 11.1 Å². The lowest BCUT2D eigenvalue weighted by atomic mass is 9.98. The van der Waals surface area contributed by atoms with Gasteiger partial charge in [-0.05, 0) is 71.8 Å². The van der Waals surface area contributed by atoms with Gasteiger partial charge in [-0.25, -0.2) is 0 Å². The lowest BCUT2D eigenvalue weighted by Crippen LogP contribution is -2.34. The van der Waals surface area contributed by atoms with Crippen molar-refractivity contribution in [3.05, 3.63) is 89.0 Å². The highest BCUT2D eigenvalue weighted by atomic mass is 16.5. The van der Waals surface area contributed by atoms with E-state index in [0.717, 1.165) is 58.6 Å². The fourth-order valence-electron chi connectivity index (χ4n) is 5.27. The van der Waals surface area contributed by atoms with Crippen LogP contribution in [0.1, 0.15) is 52.4 Å². The van der Waals surface area contributed by atoms with E-state index in [1.165, 1.54) is 0 Å². The first-order valence-electron chi connectivity index (χ1n) is 12.6. The smallest absolute Gasteiger partial charge is 0.251 e. The Labute approximate surface area is 212 Å². The minimum absolute atomic E-state index is 0.186. The Morgan fingerprint density at radius 3 is 2.72 bits per heavy atom. The Kier molecular flexibility index (Phi) is 7.16. The molecule has 6 nitrogen and oxygen atoms in total. The van der Waals surface area contributed by atoms with E-state index >= 15 is 0 Å². The first-order chi connectivity index (χ1) is 17.5. The number of aliphatic hydroxyl groups excluding tert-OH is 1. The molecule has 0 radical (unpaired) electrons. The molecular weight excluding hydrogens is 450 g/mol. The molecule has 2 aliphatic rings. The second kappa shape index (κ2) is 10.6. The van der Waals surface area contributed by atoms with Gasteiger partial charge < -0.3 is 20.5 Å². The highest BCUT2D eigenvalue weighted by Gasteiger charge is 2.33. The molecule has 1 heterocycles. The minimum Gasteiger partial charge on any atom is -0.390 e. The molecule has 3 aromatic carbocycles. The number of benzene rings is 3. The number of aliphatic hydroxyl groups is 1. The number of fused-ring (bicyclic) bond motifs is 1. The Bertz CT molecular complexity index is 1270. The van der Waals surface area contributed by atoms with Gasteiger partial charge >= 0.3 is 0 Å². The third-order valence-electron chi connectivity index (χ3n) is 7.09. The van der Waals surface area contributed by atoms with Crippen molar-refractivity contribution in [2.24, 2.45) is 4.99 Å². The summed E-state index contributed by atoms with van der Waals surface area (Å²) in [5.41, 5.74) is 6.77. The monoisotopic (exact) mass is 483 g/mol. The molecule has 5 rings (SSSR count). The van der Waals surface area contributed by atoms with E-state index < -0.39 is 12.1 Å². The van der Waals surface area contributed by atoms with Gasteiger partial charge in [0.25, 0.3) is 5.91 Å². The van der Waals surface area contributed by atoms with Crippen molar-refractivity contribution in [3.63, 3.8) is 0 Å². The molecule has 0 spiro atoms. The number of amidine groups is 1. The number of hydrogen-bond donors (Lipinski definition) is 3. The van der Waals surface area contributed by atoms with E-state index in [9.17, 15) is 9.90 Å². The third-order valence-corrected chi connectivity index (χ3v) is 7.09. The second-order valence-corrected chi connectivity index (χ2v) is 9.73. The summed E-state index contributed by atoms with van der Waals surface area (Å²) in [5.74, 6) is 0.767. The average Bonchev–Trinajstić information content (AvgIpc) is 3.19. The predicted molar refractivity (Wildman–Crippen MR) is 144 cm³/mol. The van der Waals surface area contributed by atoms with Gasteiger partial charge in [0, 0.05) is 31.2 Å². The Balaban J connectivity index is 1.32. The first kappa shape index (κ1) is 24.2. The van der Waals surface area contributed by atoms with Crippen molar-refractivity contribution in [2.45, 2.75) is 50.8 Å². The van der Waals surface area contributed by atoms with Gasteiger partial charge in [-0.2, -0.15) is 0 Å². The number of methoxy groups -OCH3 is 1. The van der Waals surface area contributed by atoms with Gasteiger partial charge in [0.2, 0.25) is 0 Å². The maximum absolute atomic E-state index is 13.2. The third kappa shape index (κ3) is 5.20. The van der Waals surface area contributed by atoms with E-state index in [1.807, 2.05) is 61.5 Å². The van der Waals surface area contributed by atoms with Crippen LogP contribution >= 0.6 is 0 Å². The summed E-state index contributed by atoms with van der Waals surface area (Å²) in [6, 6.07) is 21.7. The number of aliphatic imine (C=N–C) groups is 1. The molecule has 1 amide bonds. The summed E-state index contributed by atoms with van der Waals surface area (Å²) >= 11 is 0. The number of nitrogens with zero attached hydrogens (tertiary/aromatic N) is 1. The Morgan fingerprint density at radius 2 is 1.94 bits per heavy atom. The fraction of sp³-hybridized carbons (Fsp3) is 0.333. The van der Waals surface area contributed by atoms with Crippen LogP contribution in [0.4, 0.5) is 5.69 Å². The van der Waals surface area contributed by atoms with Crippen molar-refractivity contribution in [1.82, 2.24) is 5.32 Å². The zero-order valence-electron chi connectivity index (χ0n) is 20.8. The van der Waals surface area contributed by atoms with Gasteiger partial charge in [-0.15, -0.1) is 0 Å². The zero-order valence-corrected chi connectivity index (χ0v) is 20.8. The summed E-state index contributed by atoms with van der Waals surface area (Å²) in [5, 5.41) is 17.3. The van der Waals surface area contributed by atoms with Gasteiger partial charge in [0.15, 0.2) is 0 Å². The topological polar surface area (TPSA) is 83.0 Å². The molecule has 3 aromatic rings. The lowest BCUT2D eigenvalue weighted by molar-refractivity contribution is 0.0858. The second-order valence-electron chi connectivity index (χ2n) is 9.73. The van der Waals surface area contributed by atoms with Crippen LogP contribution in [0.3, 0.4) is 0 Å². The standard InChI is InChI=1S/C30H33N3O3/c1-19-15-22(12-14-25(19)20-7-4-3-5-8-20)30(35)33-29-26-17-23(13-11-21(26)16-27(29)34)31-28-10-6-9-24(32-28)18-36-2/h3-5,7-8,11-15,17,24,27,29,34H,6,9-10,16,18H2,1-2H3,(H,31,32)(H,33,35). The molecule has 186 valence electrons. The zero-order chi connectivity index (χ0) is 25.1. The van der Waals surface area contributed by atoms with Crippen LogP contribution in [0.2, 0.25) is 0 Å². The van der Waals surface area contributed by atoms with Crippen molar-refractivity contribution < 1.29 is 14.6 Å². The van der Waals surface area contributed by atoms with E-state index in [4.69, 9.17) is 9.73 Å². The molecule has 6 heteroatoms. The normalized spacial score (nSPS) is 21.0. The number of aryl methyl sites for hydroxylation is 1. The van der Waals surface area contributed by atoms with Gasteiger partial charge in [-0.1, -0.05) is 42.5 Å². The fourth-order valence-corrected chi connectivity index (χ4v) is 5.27. The van der Waals surface area contributed by atoms with E-state index in [2.05, 4.69) is 22.8 Å². The number of carbonyl (C=O) groups excluding carboxylic acids is 1. The number of nitrogens with one attached hydrogen (secondary N) is 2. The highest BCUT2D eigenvalue weighted by Crippen LogP contribution is 2.34. The Hall–Kier alpha value is -3.48. The van der Waals surface area contributed by atoms with Crippen molar-refractivity contribution in [3.8, 4) is 11.1 Å². The summed E-state index contributed by atoms with van der Waals surface area (Å²) in [6.07, 6.45) is 2.86. The number of amides is 1. The average molecular weight is 484 g/mol. The molecule has 3 unspecified atom stereocenters. The van der Waals surface area contributed by atoms with Gasteiger partial charge in [0.05, 0.1) is 24.8 Å². The highest BCUT2D eigenvalue weighted by molar-refractivity contribution is 5.97. The van der Waals surface area contributed by atoms with E-state index in [0.29, 0.717) is 18.6 Å². The number of ether oxygens (including phenoxy) is 1. The van der Waals surface area contributed by atoms with Crippen molar-refractivity contribution in [2.75, 3.05) is 19.0 Å². The Morgan fingerprint density at radius 1 is 1.11 bits per heavy atom. The molecule has 0 bridgehead atoms. The van der Waals surface area contributed by atoms with Crippen LogP contribution in [0, 0.1) is 6.92 Å². The summed E-state index contributed by atoms with van der Waals surface area (Å²) in [6.45, 7) is 2.64. The maximum Gasteiger partial charge on any atom is 0.251 e. The SMILES string of the molecule is COCC1CCCC(Nc2ccc3c(c2)C(NC(=O)c2ccc(-c4ccccc4)c(C)c2)C(O)C3)=N1. The molecule has 0 saturated heterocycles.